The molecule has 0 radical (unpaired) electrons. The molecule has 3 N–H and O–H groups in total. The van der Waals surface area contributed by atoms with Gasteiger partial charge in [0.1, 0.15) is 17.1 Å². The van der Waals surface area contributed by atoms with E-state index in [2.05, 4.69) is 42.6 Å². The van der Waals surface area contributed by atoms with Crippen LogP contribution in [0.25, 0.3) is 0 Å². The van der Waals surface area contributed by atoms with Crippen molar-refractivity contribution in [1.29, 1.82) is 0 Å². The molecule has 0 spiro atoms. The number of carbonyl (C=O) groups is 1. The van der Waals surface area contributed by atoms with Gasteiger partial charge in [-0.25, -0.2) is 4.98 Å². The molecule has 2 aliphatic heterocycles. The third-order valence-electron chi connectivity index (χ3n) is 7.75. The number of hydrogen-bond donors (Lipinski definition) is 3. The average Bonchev–Trinajstić information content (AvgIpc) is 3.19. The molecule has 1 aromatic heterocycles. The van der Waals surface area contributed by atoms with Crippen LogP contribution in [0.1, 0.15) is 37.5 Å². The minimum absolute atomic E-state index is 0.0152. The molecule has 2 aromatic carbocycles. The van der Waals surface area contributed by atoms with Crippen LogP contribution in [-0.2, 0) is 22.9 Å². The molecule has 0 unspecified atom stereocenters. The summed E-state index contributed by atoms with van der Waals surface area (Å²) in [6, 6.07) is 11.0. The fraction of sp³-hybridized carbons (Fsp3) is 0.414. The van der Waals surface area contributed by atoms with E-state index in [9.17, 15) is 18.0 Å². The van der Waals surface area contributed by atoms with Crippen molar-refractivity contribution in [3.8, 4) is 5.75 Å². The van der Waals surface area contributed by atoms with Gasteiger partial charge in [-0.3, -0.25) is 4.79 Å². The Morgan fingerprint density at radius 3 is 2.56 bits per heavy atom. The Kier molecular flexibility index (Phi) is 7.69. The number of piperazine rings is 1. The van der Waals surface area contributed by atoms with Crippen molar-refractivity contribution in [2.24, 2.45) is 0 Å². The Bertz CT molecular complexity index is 1440. The lowest BCUT2D eigenvalue weighted by atomic mass is 9.83. The van der Waals surface area contributed by atoms with Crippen LogP contribution in [0.15, 0.2) is 42.6 Å². The smallest absolute Gasteiger partial charge is 0.421 e. The van der Waals surface area contributed by atoms with E-state index in [0.717, 1.165) is 50.2 Å². The van der Waals surface area contributed by atoms with E-state index in [1.54, 1.807) is 39.2 Å². The lowest BCUT2D eigenvalue weighted by molar-refractivity contribution is -0.137. The predicted molar refractivity (Wildman–Crippen MR) is 153 cm³/mol. The fourth-order valence-electron chi connectivity index (χ4n) is 5.37. The fourth-order valence-corrected chi connectivity index (χ4v) is 5.37. The standard InChI is InChI=1S/C29H34F3N7O2/c1-5-38-11-13-39(14-12-38)19-9-10-21(23(15-19)41-4)36-27-34-17-20(29(30,31)32)25(37-27)33-16-18-7-6-8-22-24(18)28(2,3)26(40)35-22/h6-10,15,17H,5,11-14,16H2,1-4H3,(H,35,40)(H2,33,34,36,37). The zero-order chi connectivity index (χ0) is 29.4. The van der Waals surface area contributed by atoms with Gasteiger partial charge < -0.3 is 30.5 Å². The van der Waals surface area contributed by atoms with E-state index in [-0.39, 0.29) is 24.2 Å². The molecule has 41 heavy (non-hydrogen) atoms. The molecule has 0 bridgehead atoms. The molecule has 1 amide bonds. The van der Waals surface area contributed by atoms with E-state index >= 15 is 0 Å². The van der Waals surface area contributed by atoms with E-state index < -0.39 is 17.2 Å². The van der Waals surface area contributed by atoms with Crippen molar-refractivity contribution in [3.63, 3.8) is 0 Å². The van der Waals surface area contributed by atoms with Crippen LogP contribution in [-0.4, -0.2) is 60.6 Å². The molecule has 3 heterocycles. The molecule has 0 aliphatic carbocycles. The average molecular weight is 570 g/mol. The Morgan fingerprint density at radius 2 is 1.88 bits per heavy atom. The number of nitrogens with one attached hydrogen (secondary N) is 3. The van der Waals surface area contributed by atoms with Gasteiger partial charge in [-0.05, 0) is 49.7 Å². The second-order valence-corrected chi connectivity index (χ2v) is 10.7. The Morgan fingerprint density at radius 1 is 1.12 bits per heavy atom. The van der Waals surface area contributed by atoms with Gasteiger partial charge in [-0.1, -0.05) is 19.1 Å². The van der Waals surface area contributed by atoms with Gasteiger partial charge in [0.05, 0.1) is 18.2 Å². The second kappa shape index (κ2) is 11.1. The summed E-state index contributed by atoms with van der Waals surface area (Å²) in [6.07, 6.45) is -3.91. The quantitative estimate of drug-likeness (QED) is 0.340. The largest absolute Gasteiger partial charge is 0.494 e. The molecule has 0 atom stereocenters. The highest BCUT2D eigenvalue weighted by Gasteiger charge is 2.40. The van der Waals surface area contributed by atoms with Crippen LogP contribution in [0, 0.1) is 0 Å². The predicted octanol–water partition coefficient (Wildman–Crippen LogP) is 5.23. The number of hydrogen-bond acceptors (Lipinski definition) is 8. The van der Waals surface area contributed by atoms with Crippen LogP contribution in [0.3, 0.4) is 0 Å². The summed E-state index contributed by atoms with van der Waals surface area (Å²) in [7, 11) is 1.54. The summed E-state index contributed by atoms with van der Waals surface area (Å²) >= 11 is 0. The van der Waals surface area contributed by atoms with Crippen LogP contribution < -0.4 is 25.6 Å². The molecule has 218 valence electrons. The maximum atomic E-state index is 13.9. The lowest BCUT2D eigenvalue weighted by Crippen LogP contribution is -2.46. The third kappa shape index (κ3) is 5.74. The van der Waals surface area contributed by atoms with Crippen molar-refractivity contribution < 1.29 is 22.7 Å². The van der Waals surface area contributed by atoms with Crippen molar-refractivity contribution in [3.05, 3.63) is 59.3 Å². The van der Waals surface area contributed by atoms with Crippen LogP contribution >= 0.6 is 0 Å². The molecule has 2 aliphatic rings. The number of amides is 1. The zero-order valence-electron chi connectivity index (χ0n) is 23.5. The number of carbonyl (C=O) groups excluding carboxylic acids is 1. The van der Waals surface area contributed by atoms with Crippen molar-refractivity contribution in [1.82, 2.24) is 14.9 Å². The molecule has 12 heteroatoms. The number of aromatic nitrogens is 2. The summed E-state index contributed by atoms with van der Waals surface area (Å²) in [5, 5.41) is 8.69. The molecule has 5 rings (SSSR count). The first-order valence-corrected chi connectivity index (χ1v) is 13.6. The van der Waals surface area contributed by atoms with E-state index in [1.165, 1.54) is 0 Å². The topological polar surface area (TPSA) is 94.7 Å². The number of nitrogens with zero attached hydrogens (tertiary/aromatic N) is 4. The number of ether oxygens (including phenoxy) is 1. The first kappa shape index (κ1) is 28.5. The maximum Gasteiger partial charge on any atom is 0.421 e. The number of rotatable bonds is 8. The number of likely N-dealkylation sites (N-methyl/N-ethyl adjacent to an activating group) is 1. The Hall–Kier alpha value is -4.06. The van der Waals surface area contributed by atoms with Gasteiger partial charge in [0, 0.05) is 56.4 Å². The zero-order valence-corrected chi connectivity index (χ0v) is 23.5. The summed E-state index contributed by atoms with van der Waals surface area (Å²) in [6.45, 7) is 10.5. The highest BCUT2D eigenvalue weighted by Crippen LogP contribution is 2.41. The highest BCUT2D eigenvalue weighted by atomic mass is 19.4. The van der Waals surface area contributed by atoms with Gasteiger partial charge in [0.25, 0.3) is 0 Å². The van der Waals surface area contributed by atoms with Crippen LogP contribution in [0.5, 0.6) is 5.75 Å². The number of fused-ring (bicyclic) bond motifs is 1. The minimum Gasteiger partial charge on any atom is -0.494 e. The van der Waals surface area contributed by atoms with E-state index in [0.29, 0.717) is 22.7 Å². The molecule has 0 saturated carbocycles. The third-order valence-corrected chi connectivity index (χ3v) is 7.75. The van der Waals surface area contributed by atoms with Gasteiger partial charge in [-0.15, -0.1) is 0 Å². The number of anilines is 5. The number of halogens is 3. The maximum absolute atomic E-state index is 13.9. The summed E-state index contributed by atoms with van der Waals surface area (Å²) in [5.74, 6) is -0.0176. The number of benzene rings is 2. The van der Waals surface area contributed by atoms with Gasteiger partial charge >= 0.3 is 6.18 Å². The second-order valence-electron chi connectivity index (χ2n) is 10.7. The number of alkyl halides is 3. The van der Waals surface area contributed by atoms with Crippen LogP contribution in [0.4, 0.5) is 42.0 Å². The Balaban J connectivity index is 1.38. The summed E-state index contributed by atoms with van der Waals surface area (Å²) in [4.78, 5) is 25.3. The molecular formula is C29H34F3N7O2. The van der Waals surface area contributed by atoms with Crippen molar-refractivity contribution >= 4 is 34.7 Å². The number of methoxy groups -OCH3 is 1. The van der Waals surface area contributed by atoms with Gasteiger partial charge in [-0.2, -0.15) is 18.2 Å². The lowest BCUT2D eigenvalue weighted by Gasteiger charge is -2.35. The molecule has 9 nitrogen and oxygen atoms in total. The molecule has 1 fully saturated rings. The minimum atomic E-state index is -4.67. The van der Waals surface area contributed by atoms with E-state index in [4.69, 9.17) is 4.74 Å². The van der Waals surface area contributed by atoms with Gasteiger partial charge in [0.15, 0.2) is 0 Å². The first-order chi connectivity index (χ1) is 19.5. The summed E-state index contributed by atoms with van der Waals surface area (Å²) in [5.41, 5.74) is 1.83. The van der Waals surface area contributed by atoms with Crippen molar-refractivity contribution in [2.75, 3.05) is 60.7 Å². The Labute approximate surface area is 237 Å². The molecule has 3 aromatic rings. The first-order valence-electron chi connectivity index (χ1n) is 13.6. The highest BCUT2D eigenvalue weighted by molar-refractivity contribution is 6.06. The molecular weight excluding hydrogens is 535 g/mol. The van der Waals surface area contributed by atoms with Gasteiger partial charge in [0.2, 0.25) is 11.9 Å². The van der Waals surface area contributed by atoms with Crippen molar-refractivity contribution in [2.45, 2.75) is 38.9 Å². The monoisotopic (exact) mass is 569 g/mol. The van der Waals surface area contributed by atoms with E-state index in [1.807, 2.05) is 18.2 Å². The molecule has 1 saturated heterocycles. The summed E-state index contributed by atoms with van der Waals surface area (Å²) < 4.78 is 47.3. The SMILES string of the molecule is CCN1CCN(c2ccc(Nc3ncc(C(F)(F)F)c(NCc4cccc5c4C(C)(C)C(=O)N5)n3)c(OC)c2)CC1. The normalized spacial score (nSPS) is 16.8. The van der Waals surface area contributed by atoms with Crippen LogP contribution in [0.2, 0.25) is 0 Å².